The highest BCUT2D eigenvalue weighted by Crippen LogP contribution is 2.30. The number of carbonyl (C=O) groups excluding carboxylic acids is 3. The van der Waals surface area contributed by atoms with E-state index in [-0.39, 0.29) is 24.1 Å². The molecular weight excluding hydrogens is 516 g/mol. The first kappa shape index (κ1) is 27.5. The Bertz CT molecular complexity index is 1350. The van der Waals surface area contributed by atoms with Crippen LogP contribution >= 0.6 is 0 Å². The number of fused-ring (bicyclic) bond motifs is 1. The van der Waals surface area contributed by atoms with Crippen molar-refractivity contribution in [3.63, 3.8) is 0 Å². The Kier molecular flexibility index (Phi) is 8.36. The lowest BCUT2D eigenvalue weighted by atomic mass is 9.89. The zero-order valence-electron chi connectivity index (χ0n) is 23.5. The summed E-state index contributed by atoms with van der Waals surface area (Å²) in [6, 6.07) is 13.8. The van der Waals surface area contributed by atoms with Crippen LogP contribution in [0, 0.1) is 17.8 Å². The van der Waals surface area contributed by atoms with Crippen molar-refractivity contribution in [2.45, 2.75) is 57.0 Å². The normalized spacial score (nSPS) is 23.5. The Morgan fingerprint density at radius 1 is 0.976 bits per heavy atom. The fraction of sp³-hybridized carbons (Fsp3) is 0.485. The summed E-state index contributed by atoms with van der Waals surface area (Å²) in [5.41, 5.74) is 3.76. The molecule has 4 heterocycles. The third kappa shape index (κ3) is 6.47. The van der Waals surface area contributed by atoms with Gasteiger partial charge in [-0.2, -0.15) is 0 Å². The van der Waals surface area contributed by atoms with Crippen molar-refractivity contribution in [2.75, 3.05) is 39.3 Å². The molecule has 3 amide bonds. The molecule has 0 aliphatic carbocycles. The van der Waals surface area contributed by atoms with E-state index >= 15 is 0 Å². The molecule has 6 rings (SSSR count). The fourth-order valence-corrected chi connectivity index (χ4v) is 6.45. The van der Waals surface area contributed by atoms with Gasteiger partial charge in [0.1, 0.15) is 11.8 Å². The van der Waals surface area contributed by atoms with Crippen LogP contribution in [0.2, 0.25) is 0 Å². The maximum Gasteiger partial charge on any atom is 0.255 e. The van der Waals surface area contributed by atoms with Crippen LogP contribution in [-0.2, 0) is 16.1 Å². The second-order valence-corrected chi connectivity index (χ2v) is 11.7. The Labute approximate surface area is 241 Å². The molecule has 2 atom stereocenters. The van der Waals surface area contributed by atoms with Crippen LogP contribution in [0.4, 0.5) is 0 Å². The summed E-state index contributed by atoms with van der Waals surface area (Å²) in [7, 11) is 0. The lowest BCUT2D eigenvalue weighted by Gasteiger charge is -2.31. The number of imide groups is 1. The number of benzene rings is 2. The molecular formula is C33H38N4O4. The Balaban J connectivity index is 0.968. The highest BCUT2D eigenvalue weighted by Gasteiger charge is 2.39. The number of amides is 3. The van der Waals surface area contributed by atoms with Gasteiger partial charge in [-0.25, -0.2) is 0 Å². The molecule has 8 nitrogen and oxygen atoms in total. The van der Waals surface area contributed by atoms with E-state index in [0.717, 1.165) is 62.5 Å². The molecule has 0 spiro atoms. The van der Waals surface area contributed by atoms with Crippen LogP contribution in [0.3, 0.4) is 0 Å². The number of rotatable bonds is 6. The van der Waals surface area contributed by atoms with Crippen molar-refractivity contribution >= 4 is 17.7 Å². The monoisotopic (exact) mass is 554 g/mol. The van der Waals surface area contributed by atoms with Crippen LogP contribution in [0.1, 0.15) is 71.5 Å². The third-order valence-corrected chi connectivity index (χ3v) is 8.88. The van der Waals surface area contributed by atoms with Crippen LogP contribution in [0.5, 0.6) is 5.75 Å². The minimum absolute atomic E-state index is 0.156. The summed E-state index contributed by atoms with van der Waals surface area (Å²) in [4.78, 5) is 40.6. The number of hydrogen-bond acceptors (Lipinski definition) is 6. The van der Waals surface area contributed by atoms with Gasteiger partial charge in [0.15, 0.2) is 0 Å². The van der Waals surface area contributed by atoms with Crippen LogP contribution in [0.25, 0.3) is 0 Å². The highest BCUT2D eigenvalue weighted by atomic mass is 16.5. The number of nitrogens with zero attached hydrogens (tertiary/aromatic N) is 2. The summed E-state index contributed by atoms with van der Waals surface area (Å²) in [5.74, 6) is 7.90. The molecule has 0 bridgehead atoms. The number of ether oxygens (including phenoxy) is 1. The minimum Gasteiger partial charge on any atom is -0.493 e. The molecule has 2 aromatic rings. The van der Waals surface area contributed by atoms with Crippen LogP contribution in [-0.4, -0.2) is 72.9 Å². The van der Waals surface area contributed by atoms with Crippen LogP contribution < -0.4 is 15.4 Å². The number of piperidine rings is 3. The Morgan fingerprint density at radius 3 is 2.56 bits per heavy atom. The summed E-state index contributed by atoms with van der Waals surface area (Å²) in [5, 5.41) is 5.80. The molecule has 3 fully saturated rings. The van der Waals surface area contributed by atoms with Gasteiger partial charge in [0, 0.05) is 36.6 Å². The number of nitrogens with one attached hydrogen (secondary N) is 2. The second-order valence-electron chi connectivity index (χ2n) is 11.7. The zero-order valence-corrected chi connectivity index (χ0v) is 23.5. The number of carbonyl (C=O) groups is 3. The smallest absolute Gasteiger partial charge is 0.255 e. The first-order chi connectivity index (χ1) is 20.0. The van der Waals surface area contributed by atoms with Crippen LogP contribution in [0.15, 0.2) is 42.5 Å². The zero-order chi connectivity index (χ0) is 28.2. The van der Waals surface area contributed by atoms with Crippen molar-refractivity contribution in [1.29, 1.82) is 0 Å². The van der Waals surface area contributed by atoms with E-state index in [9.17, 15) is 14.4 Å². The highest BCUT2D eigenvalue weighted by molar-refractivity contribution is 6.05. The van der Waals surface area contributed by atoms with Gasteiger partial charge >= 0.3 is 0 Å². The van der Waals surface area contributed by atoms with Crippen molar-refractivity contribution in [3.05, 3.63) is 64.7 Å². The van der Waals surface area contributed by atoms with E-state index in [4.69, 9.17) is 4.74 Å². The maximum atomic E-state index is 12.9. The van der Waals surface area contributed by atoms with E-state index in [2.05, 4.69) is 51.6 Å². The summed E-state index contributed by atoms with van der Waals surface area (Å²) in [6.45, 7) is 6.10. The fourth-order valence-electron chi connectivity index (χ4n) is 6.45. The van der Waals surface area contributed by atoms with Gasteiger partial charge in [-0.1, -0.05) is 24.0 Å². The SMILES string of the molecule is O=C1CCC(N2Cc3cc(C#CCN4CCC(c5ccc(OCC6CCCNC6)cc5)CC4)ccc3C2=O)C(=O)N1. The quantitative estimate of drug-likeness (QED) is 0.422. The molecule has 0 radical (unpaired) electrons. The van der Waals surface area contributed by atoms with E-state index in [1.54, 1.807) is 4.90 Å². The van der Waals surface area contributed by atoms with E-state index in [1.165, 1.54) is 18.4 Å². The minimum atomic E-state index is -0.597. The molecule has 0 saturated carbocycles. The van der Waals surface area contributed by atoms with Gasteiger partial charge in [0.2, 0.25) is 11.8 Å². The first-order valence-corrected chi connectivity index (χ1v) is 15.0. The largest absolute Gasteiger partial charge is 0.493 e. The van der Waals surface area contributed by atoms with Gasteiger partial charge in [-0.05, 0) is 99.1 Å². The predicted molar refractivity (Wildman–Crippen MR) is 155 cm³/mol. The number of hydrogen-bond donors (Lipinski definition) is 2. The average Bonchev–Trinajstić information content (AvgIpc) is 3.32. The first-order valence-electron chi connectivity index (χ1n) is 15.0. The molecule has 4 aliphatic rings. The Hall–Kier alpha value is -3.67. The lowest BCUT2D eigenvalue weighted by molar-refractivity contribution is -0.136. The molecule has 214 valence electrons. The maximum absolute atomic E-state index is 12.9. The molecule has 2 aromatic carbocycles. The summed E-state index contributed by atoms with van der Waals surface area (Å²) < 4.78 is 6.05. The molecule has 3 saturated heterocycles. The lowest BCUT2D eigenvalue weighted by Crippen LogP contribution is -2.52. The average molecular weight is 555 g/mol. The van der Waals surface area contributed by atoms with Crippen molar-refractivity contribution in [2.24, 2.45) is 5.92 Å². The standard InChI is InChI=1S/C33H38N4O4/c38-31-12-11-30(32(39)35-31)37-21-27-19-23(5-10-29(27)33(37)40)4-2-16-36-17-13-26(14-18-36)25-6-8-28(9-7-25)41-22-24-3-1-15-34-20-24/h5-10,19,24,26,30,34H,1,3,11-18,20-22H2,(H,35,38,39). The van der Waals surface area contributed by atoms with Crippen molar-refractivity contribution in [1.82, 2.24) is 20.4 Å². The van der Waals surface area contributed by atoms with Gasteiger partial charge in [0.25, 0.3) is 5.91 Å². The van der Waals surface area contributed by atoms with E-state index in [1.807, 2.05) is 18.2 Å². The molecule has 2 unspecified atom stereocenters. The van der Waals surface area contributed by atoms with Crippen molar-refractivity contribution < 1.29 is 19.1 Å². The van der Waals surface area contributed by atoms with E-state index < -0.39 is 6.04 Å². The van der Waals surface area contributed by atoms with E-state index in [0.29, 0.717) is 36.9 Å². The Morgan fingerprint density at radius 2 is 1.80 bits per heavy atom. The molecule has 2 N–H and O–H groups in total. The van der Waals surface area contributed by atoms with Gasteiger partial charge in [0.05, 0.1) is 13.2 Å². The topological polar surface area (TPSA) is 91.0 Å². The van der Waals surface area contributed by atoms with Gasteiger partial charge < -0.3 is 15.0 Å². The molecule has 41 heavy (non-hydrogen) atoms. The second kappa shape index (κ2) is 12.5. The van der Waals surface area contributed by atoms with Gasteiger partial charge in [-0.3, -0.25) is 24.6 Å². The molecule has 4 aliphatic heterocycles. The molecule has 0 aromatic heterocycles. The van der Waals surface area contributed by atoms with Crippen molar-refractivity contribution in [3.8, 4) is 17.6 Å². The van der Waals surface area contributed by atoms with Gasteiger partial charge in [-0.15, -0.1) is 0 Å². The number of likely N-dealkylation sites (tertiary alicyclic amines) is 1. The summed E-state index contributed by atoms with van der Waals surface area (Å²) >= 11 is 0. The summed E-state index contributed by atoms with van der Waals surface area (Å²) in [6.07, 6.45) is 5.34. The molecule has 8 heteroatoms. The predicted octanol–water partition coefficient (Wildman–Crippen LogP) is 3.06. The third-order valence-electron chi connectivity index (χ3n) is 8.88.